The van der Waals surface area contributed by atoms with Gasteiger partial charge in [0, 0.05) is 28.7 Å². The molecule has 4 heteroatoms. The highest BCUT2D eigenvalue weighted by Gasteiger charge is 2.26. The van der Waals surface area contributed by atoms with Crippen LogP contribution < -0.4 is 5.32 Å². The number of benzene rings is 1. The first-order chi connectivity index (χ1) is 9.63. The highest BCUT2D eigenvalue weighted by molar-refractivity contribution is 9.10. The van der Waals surface area contributed by atoms with E-state index in [0.717, 1.165) is 36.1 Å². The number of hydrogen-bond donors (Lipinski definition) is 1. The molecule has 0 bridgehead atoms. The van der Waals surface area contributed by atoms with Crippen LogP contribution in [0.3, 0.4) is 0 Å². The monoisotopic (exact) mass is 342 g/mol. The number of piperidine rings is 1. The first-order valence-corrected chi connectivity index (χ1v) is 8.34. The fourth-order valence-corrected chi connectivity index (χ4v) is 3.46. The number of rotatable bonds is 5. The van der Waals surface area contributed by atoms with Gasteiger partial charge < -0.3 is 5.32 Å². The van der Waals surface area contributed by atoms with E-state index in [9.17, 15) is 4.39 Å². The number of nitrogens with one attached hydrogen (secondary N) is 1. The van der Waals surface area contributed by atoms with Crippen LogP contribution in [0.15, 0.2) is 22.7 Å². The van der Waals surface area contributed by atoms with E-state index in [1.807, 2.05) is 6.07 Å². The van der Waals surface area contributed by atoms with E-state index in [0.29, 0.717) is 6.04 Å². The molecule has 0 radical (unpaired) electrons. The van der Waals surface area contributed by atoms with Crippen LogP contribution in [0.5, 0.6) is 0 Å². The van der Waals surface area contributed by atoms with Gasteiger partial charge in [0.1, 0.15) is 5.82 Å². The lowest BCUT2D eigenvalue weighted by atomic mass is 9.99. The molecule has 112 valence electrons. The van der Waals surface area contributed by atoms with Gasteiger partial charge in [0.15, 0.2) is 0 Å². The third kappa shape index (κ3) is 3.80. The van der Waals surface area contributed by atoms with Crippen LogP contribution in [-0.2, 0) is 0 Å². The first-order valence-electron chi connectivity index (χ1n) is 7.55. The van der Waals surface area contributed by atoms with E-state index < -0.39 is 0 Å². The van der Waals surface area contributed by atoms with Crippen molar-refractivity contribution in [1.82, 2.24) is 10.2 Å². The summed E-state index contributed by atoms with van der Waals surface area (Å²) in [6.45, 7) is 7.44. The van der Waals surface area contributed by atoms with Gasteiger partial charge in [-0.05, 0) is 57.5 Å². The molecular formula is C16H24BrFN2. The number of nitrogens with zero attached hydrogens (tertiary/aromatic N) is 1. The summed E-state index contributed by atoms with van der Waals surface area (Å²) < 4.78 is 15.1. The molecule has 2 nitrogen and oxygen atoms in total. The van der Waals surface area contributed by atoms with Gasteiger partial charge in [0.25, 0.3) is 0 Å². The normalized spacial score (nSPS) is 21.1. The fourth-order valence-electron chi connectivity index (χ4n) is 3.08. The van der Waals surface area contributed by atoms with Gasteiger partial charge >= 0.3 is 0 Å². The molecule has 0 saturated carbocycles. The zero-order valence-electron chi connectivity index (χ0n) is 12.3. The minimum absolute atomic E-state index is 0.106. The summed E-state index contributed by atoms with van der Waals surface area (Å²) in [6.07, 6.45) is 3.50. The summed E-state index contributed by atoms with van der Waals surface area (Å²) in [7, 11) is 0. The Kier molecular flexibility index (Phi) is 6.00. The predicted octanol–water partition coefficient (Wildman–Crippen LogP) is 4.11. The molecule has 1 heterocycles. The first kappa shape index (κ1) is 15.9. The summed E-state index contributed by atoms with van der Waals surface area (Å²) in [6, 6.07) is 5.85. The number of halogens is 2. The highest BCUT2D eigenvalue weighted by Crippen LogP contribution is 2.29. The lowest BCUT2D eigenvalue weighted by Crippen LogP contribution is -2.47. The molecule has 1 N–H and O–H groups in total. The lowest BCUT2D eigenvalue weighted by molar-refractivity contribution is 0.118. The third-order valence-electron chi connectivity index (χ3n) is 4.13. The van der Waals surface area contributed by atoms with Crippen molar-refractivity contribution in [2.45, 2.75) is 45.2 Å². The average Bonchev–Trinajstić information content (AvgIpc) is 2.47. The molecule has 1 aromatic rings. The molecule has 2 atom stereocenters. The van der Waals surface area contributed by atoms with Crippen molar-refractivity contribution in [1.29, 1.82) is 0 Å². The van der Waals surface area contributed by atoms with E-state index in [4.69, 9.17) is 0 Å². The van der Waals surface area contributed by atoms with Crippen LogP contribution in [0.1, 0.15) is 44.7 Å². The molecule has 1 aliphatic rings. The van der Waals surface area contributed by atoms with Crippen molar-refractivity contribution in [3.63, 3.8) is 0 Å². The van der Waals surface area contributed by atoms with Crippen molar-refractivity contribution in [3.05, 3.63) is 34.1 Å². The second-order valence-electron chi connectivity index (χ2n) is 5.58. The molecular weight excluding hydrogens is 319 g/mol. The molecule has 0 spiro atoms. The van der Waals surface area contributed by atoms with Crippen molar-refractivity contribution in [2.24, 2.45) is 0 Å². The van der Waals surface area contributed by atoms with Gasteiger partial charge in [-0.15, -0.1) is 0 Å². The standard InChI is InChI=1S/C16H24BrFN2/c1-3-9-20(14-5-4-8-19-11-14)12(2)15-10-13(17)6-7-16(15)18/h6-7,10,12,14,19H,3-5,8-9,11H2,1-2H3. The second-order valence-corrected chi connectivity index (χ2v) is 6.50. The summed E-state index contributed by atoms with van der Waals surface area (Å²) in [5.74, 6) is -0.106. The molecule has 2 unspecified atom stereocenters. The highest BCUT2D eigenvalue weighted by atomic mass is 79.9. The van der Waals surface area contributed by atoms with Crippen LogP contribution in [-0.4, -0.2) is 30.6 Å². The molecule has 1 fully saturated rings. The van der Waals surface area contributed by atoms with E-state index in [-0.39, 0.29) is 11.9 Å². The molecule has 1 aliphatic heterocycles. The van der Waals surface area contributed by atoms with Gasteiger partial charge in [-0.3, -0.25) is 4.90 Å². The van der Waals surface area contributed by atoms with Crippen molar-refractivity contribution in [3.8, 4) is 0 Å². The summed E-state index contributed by atoms with van der Waals surface area (Å²) in [4.78, 5) is 2.46. The quantitative estimate of drug-likeness (QED) is 0.865. The molecule has 1 aromatic carbocycles. The summed E-state index contributed by atoms with van der Waals surface area (Å²) in [5, 5.41) is 3.46. The Labute approximate surface area is 129 Å². The van der Waals surface area contributed by atoms with Crippen molar-refractivity contribution >= 4 is 15.9 Å². The average molecular weight is 343 g/mol. The Balaban J connectivity index is 2.20. The van der Waals surface area contributed by atoms with Crippen LogP contribution in [0.4, 0.5) is 4.39 Å². The van der Waals surface area contributed by atoms with Crippen molar-refractivity contribution in [2.75, 3.05) is 19.6 Å². The van der Waals surface area contributed by atoms with Gasteiger partial charge in [0.05, 0.1) is 0 Å². The molecule has 0 aromatic heterocycles. The predicted molar refractivity (Wildman–Crippen MR) is 85.4 cm³/mol. The Bertz CT molecular complexity index is 432. The minimum atomic E-state index is -0.106. The SMILES string of the molecule is CCCN(C1CCCNC1)C(C)c1cc(Br)ccc1F. The van der Waals surface area contributed by atoms with Crippen molar-refractivity contribution < 1.29 is 4.39 Å². The summed E-state index contributed by atoms with van der Waals surface area (Å²) in [5.41, 5.74) is 0.790. The maximum atomic E-state index is 14.1. The molecule has 20 heavy (non-hydrogen) atoms. The topological polar surface area (TPSA) is 15.3 Å². The van der Waals surface area contributed by atoms with Gasteiger partial charge in [0.2, 0.25) is 0 Å². The fraction of sp³-hybridized carbons (Fsp3) is 0.625. The second kappa shape index (κ2) is 7.53. The Morgan fingerprint density at radius 2 is 2.30 bits per heavy atom. The largest absolute Gasteiger partial charge is 0.315 e. The third-order valence-corrected chi connectivity index (χ3v) is 4.62. The van der Waals surface area contributed by atoms with Gasteiger partial charge in [-0.1, -0.05) is 22.9 Å². The minimum Gasteiger partial charge on any atom is -0.315 e. The number of hydrogen-bond acceptors (Lipinski definition) is 2. The van der Waals surface area contributed by atoms with Gasteiger partial charge in [-0.25, -0.2) is 4.39 Å². The molecule has 0 aliphatic carbocycles. The van der Waals surface area contributed by atoms with E-state index >= 15 is 0 Å². The molecule has 2 rings (SSSR count). The van der Waals surface area contributed by atoms with Crippen LogP contribution in [0, 0.1) is 5.82 Å². The maximum absolute atomic E-state index is 14.1. The zero-order chi connectivity index (χ0) is 14.5. The maximum Gasteiger partial charge on any atom is 0.128 e. The molecule has 1 saturated heterocycles. The Morgan fingerprint density at radius 1 is 1.50 bits per heavy atom. The van der Waals surface area contributed by atoms with Crippen LogP contribution in [0.2, 0.25) is 0 Å². The summed E-state index contributed by atoms with van der Waals surface area (Å²) >= 11 is 3.45. The van der Waals surface area contributed by atoms with Gasteiger partial charge in [-0.2, -0.15) is 0 Å². The van der Waals surface area contributed by atoms with E-state index in [1.165, 1.54) is 12.8 Å². The Hall–Kier alpha value is -0.450. The molecule has 0 amide bonds. The van der Waals surface area contributed by atoms with E-state index in [2.05, 4.69) is 40.0 Å². The Morgan fingerprint density at radius 3 is 2.95 bits per heavy atom. The van der Waals surface area contributed by atoms with Crippen LogP contribution >= 0.6 is 15.9 Å². The smallest absolute Gasteiger partial charge is 0.128 e. The zero-order valence-corrected chi connectivity index (χ0v) is 13.9. The van der Waals surface area contributed by atoms with E-state index in [1.54, 1.807) is 12.1 Å². The van der Waals surface area contributed by atoms with Crippen LogP contribution in [0.25, 0.3) is 0 Å². The lowest BCUT2D eigenvalue weighted by Gasteiger charge is -2.39.